The maximum Gasteiger partial charge on any atom is 0.126 e. The van der Waals surface area contributed by atoms with Gasteiger partial charge in [-0.15, -0.1) is 0 Å². The van der Waals surface area contributed by atoms with Crippen molar-refractivity contribution in [3.8, 4) is 6.07 Å². The van der Waals surface area contributed by atoms with E-state index in [4.69, 9.17) is 0 Å². The van der Waals surface area contributed by atoms with Gasteiger partial charge in [0, 0.05) is 5.92 Å². The number of unbranched alkanes of at least 4 members (excludes halogenated alkanes) is 2. The summed E-state index contributed by atoms with van der Waals surface area (Å²) in [6.45, 7) is 2.22. The van der Waals surface area contributed by atoms with E-state index in [2.05, 4.69) is 13.0 Å². The molecule has 0 N–H and O–H groups in total. The van der Waals surface area contributed by atoms with Crippen LogP contribution in [0.5, 0.6) is 0 Å². The quantitative estimate of drug-likeness (QED) is 0.628. The highest BCUT2D eigenvalue weighted by atomic mass is 19.1. The van der Waals surface area contributed by atoms with Crippen LogP contribution in [0.2, 0.25) is 0 Å². The lowest BCUT2D eigenvalue weighted by Gasteiger charge is -2.55. The fourth-order valence-corrected chi connectivity index (χ4v) is 5.10. The Hall–Kier alpha value is -1.36. The van der Waals surface area contributed by atoms with Gasteiger partial charge in [0.25, 0.3) is 0 Å². The molecular formula is C20H26FN. The summed E-state index contributed by atoms with van der Waals surface area (Å²) in [4.78, 5) is 0. The standard InChI is InChI=1S/C20H26FN/c1-2-3-6-11-20-12-9-15(10-13-20)17(14-22)19(20)16-7-4-5-8-18(16)21/h4-5,7-8,15,17,19H,2-3,6,9-13H2,1H3. The van der Waals surface area contributed by atoms with Crippen molar-refractivity contribution in [2.75, 3.05) is 0 Å². The van der Waals surface area contributed by atoms with Gasteiger partial charge in [0.1, 0.15) is 5.82 Å². The Bertz CT molecular complexity index is 551. The third kappa shape index (κ3) is 2.56. The maximum absolute atomic E-state index is 14.5. The average molecular weight is 299 g/mol. The van der Waals surface area contributed by atoms with E-state index in [0.29, 0.717) is 5.92 Å². The molecule has 22 heavy (non-hydrogen) atoms. The molecule has 3 aliphatic carbocycles. The summed E-state index contributed by atoms with van der Waals surface area (Å²) in [5, 5.41) is 9.75. The predicted molar refractivity (Wildman–Crippen MR) is 86.8 cm³/mol. The first-order valence-electron chi connectivity index (χ1n) is 8.86. The van der Waals surface area contributed by atoms with Crippen LogP contribution < -0.4 is 0 Å². The zero-order chi connectivity index (χ0) is 15.6. The fraction of sp³-hybridized carbons (Fsp3) is 0.650. The Morgan fingerprint density at radius 1 is 1.23 bits per heavy atom. The lowest BCUT2D eigenvalue weighted by atomic mass is 9.48. The van der Waals surface area contributed by atoms with Gasteiger partial charge in [-0.25, -0.2) is 4.39 Å². The zero-order valence-corrected chi connectivity index (χ0v) is 13.5. The van der Waals surface area contributed by atoms with E-state index in [9.17, 15) is 9.65 Å². The molecule has 3 aliphatic rings. The molecule has 0 spiro atoms. The summed E-state index contributed by atoms with van der Waals surface area (Å²) in [5.41, 5.74) is 0.960. The van der Waals surface area contributed by atoms with Gasteiger partial charge in [-0.05, 0) is 55.1 Å². The van der Waals surface area contributed by atoms with Crippen LogP contribution in [0.3, 0.4) is 0 Å². The second-order valence-electron chi connectivity index (χ2n) is 7.31. The zero-order valence-electron chi connectivity index (χ0n) is 13.5. The molecule has 0 aliphatic heterocycles. The predicted octanol–water partition coefficient (Wildman–Crippen LogP) is 5.82. The minimum Gasteiger partial charge on any atom is -0.207 e. The first-order valence-corrected chi connectivity index (χ1v) is 8.86. The second kappa shape index (κ2) is 6.41. The molecule has 1 nitrogen and oxygen atoms in total. The number of nitriles is 1. The van der Waals surface area contributed by atoms with Crippen molar-refractivity contribution >= 4 is 0 Å². The Kier molecular flexibility index (Phi) is 4.52. The smallest absolute Gasteiger partial charge is 0.126 e. The lowest BCUT2D eigenvalue weighted by molar-refractivity contribution is -0.00577. The van der Waals surface area contributed by atoms with Gasteiger partial charge >= 0.3 is 0 Å². The number of rotatable bonds is 5. The number of hydrogen-bond acceptors (Lipinski definition) is 1. The van der Waals surface area contributed by atoms with Crippen molar-refractivity contribution in [3.63, 3.8) is 0 Å². The molecule has 2 atom stereocenters. The summed E-state index contributed by atoms with van der Waals surface area (Å²) in [6.07, 6.45) is 9.51. The molecule has 0 aromatic heterocycles. The van der Waals surface area contributed by atoms with Crippen LogP contribution in [0.1, 0.15) is 69.8 Å². The molecule has 0 amide bonds. The number of nitrogens with zero attached hydrogens (tertiary/aromatic N) is 1. The van der Waals surface area contributed by atoms with Crippen molar-refractivity contribution in [2.45, 2.75) is 64.2 Å². The lowest BCUT2D eigenvalue weighted by Crippen LogP contribution is -2.46. The van der Waals surface area contributed by atoms with Gasteiger partial charge in [0.05, 0.1) is 12.0 Å². The normalized spacial score (nSPS) is 33.6. The van der Waals surface area contributed by atoms with E-state index in [-0.39, 0.29) is 23.1 Å². The molecule has 1 aromatic rings. The van der Waals surface area contributed by atoms with Crippen LogP contribution in [0, 0.1) is 34.4 Å². The summed E-state index contributed by atoms with van der Waals surface area (Å²) >= 11 is 0. The Balaban J connectivity index is 1.97. The van der Waals surface area contributed by atoms with E-state index >= 15 is 0 Å². The monoisotopic (exact) mass is 299 g/mol. The molecule has 0 heterocycles. The SMILES string of the molecule is CCCCCC12CCC(CC1)C(C#N)C2c1ccccc1F. The van der Waals surface area contributed by atoms with Crippen LogP contribution in [-0.4, -0.2) is 0 Å². The Morgan fingerprint density at radius 3 is 2.59 bits per heavy atom. The van der Waals surface area contributed by atoms with Gasteiger partial charge in [-0.3, -0.25) is 0 Å². The van der Waals surface area contributed by atoms with E-state index in [1.807, 2.05) is 12.1 Å². The topological polar surface area (TPSA) is 23.8 Å². The molecular weight excluding hydrogens is 273 g/mol. The molecule has 1 aromatic carbocycles. The average Bonchev–Trinajstić information content (AvgIpc) is 2.56. The van der Waals surface area contributed by atoms with Crippen LogP contribution in [0.25, 0.3) is 0 Å². The van der Waals surface area contributed by atoms with Gasteiger partial charge in [-0.1, -0.05) is 44.4 Å². The number of benzene rings is 1. The van der Waals surface area contributed by atoms with Gasteiger partial charge in [-0.2, -0.15) is 5.26 Å². The summed E-state index contributed by atoms with van der Waals surface area (Å²) < 4.78 is 14.5. The number of fused-ring (bicyclic) bond motifs is 3. The summed E-state index contributed by atoms with van der Waals surface area (Å²) in [6, 6.07) is 9.72. The highest BCUT2D eigenvalue weighted by molar-refractivity contribution is 5.30. The van der Waals surface area contributed by atoms with E-state index in [1.165, 1.54) is 32.1 Å². The highest BCUT2D eigenvalue weighted by Crippen LogP contribution is 2.62. The van der Waals surface area contributed by atoms with E-state index < -0.39 is 0 Å². The molecule has 4 rings (SSSR count). The third-order valence-electron chi connectivity index (χ3n) is 6.22. The molecule has 2 unspecified atom stereocenters. The van der Waals surface area contributed by atoms with Crippen molar-refractivity contribution in [1.29, 1.82) is 5.26 Å². The fourth-order valence-electron chi connectivity index (χ4n) is 5.10. The molecule has 0 radical (unpaired) electrons. The Morgan fingerprint density at radius 2 is 1.95 bits per heavy atom. The van der Waals surface area contributed by atoms with Crippen LogP contribution in [-0.2, 0) is 0 Å². The molecule has 2 bridgehead atoms. The van der Waals surface area contributed by atoms with Crippen molar-refractivity contribution in [3.05, 3.63) is 35.6 Å². The maximum atomic E-state index is 14.5. The van der Waals surface area contributed by atoms with Crippen molar-refractivity contribution < 1.29 is 4.39 Å². The third-order valence-corrected chi connectivity index (χ3v) is 6.22. The van der Waals surface area contributed by atoms with Crippen LogP contribution >= 0.6 is 0 Å². The number of hydrogen-bond donors (Lipinski definition) is 0. The number of halogens is 1. The second-order valence-corrected chi connectivity index (χ2v) is 7.31. The molecule has 3 fully saturated rings. The van der Waals surface area contributed by atoms with Gasteiger partial charge < -0.3 is 0 Å². The molecule has 2 heteroatoms. The van der Waals surface area contributed by atoms with Crippen molar-refractivity contribution in [2.24, 2.45) is 17.3 Å². The van der Waals surface area contributed by atoms with E-state index in [0.717, 1.165) is 24.8 Å². The minimum absolute atomic E-state index is 0.000950. The van der Waals surface area contributed by atoms with Crippen LogP contribution in [0.15, 0.2) is 24.3 Å². The summed E-state index contributed by atoms with van der Waals surface area (Å²) in [5.74, 6) is 0.460. The van der Waals surface area contributed by atoms with Crippen molar-refractivity contribution in [1.82, 2.24) is 0 Å². The largest absolute Gasteiger partial charge is 0.207 e. The van der Waals surface area contributed by atoms with Crippen LogP contribution in [0.4, 0.5) is 4.39 Å². The minimum atomic E-state index is -0.116. The molecule has 3 saturated carbocycles. The first-order chi connectivity index (χ1) is 10.7. The first kappa shape index (κ1) is 15.5. The van der Waals surface area contributed by atoms with Gasteiger partial charge in [0.15, 0.2) is 0 Å². The molecule has 0 saturated heterocycles. The Labute approximate surface area is 133 Å². The highest BCUT2D eigenvalue weighted by Gasteiger charge is 2.53. The summed E-state index contributed by atoms with van der Waals surface area (Å²) in [7, 11) is 0. The molecule has 118 valence electrons. The van der Waals surface area contributed by atoms with E-state index in [1.54, 1.807) is 12.1 Å². The van der Waals surface area contributed by atoms with Gasteiger partial charge in [0.2, 0.25) is 0 Å².